The van der Waals surface area contributed by atoms with Crippen molar-refractivity contribution in [3.63, 3.8) is 0 Å². The van der Waals surface area contributed by atoms with Crippen molar-refractivity contribution in [3.8, 4) is 79.4 Å². The molecule has 0 amide bonds. The Kier molecular flexibility index (Phi) is 6.20. The van der Waals surface area contributed by atoms with E-state index in [1.807, 2.05) is 24.3 Å². The number of para-hydroxylation sites is 4. The van der Waals surface area contributed by atoms with Gasteiger partial charge in [-0.1, -0.05) is 133 Å². The molecule has 0 unspecified atom stereocenters. The number of hydrogen-bond acceptors (Lipinski definition) is 4. The number of hydrogen-bond donors (Lipinski definition) is 0. The molecule has 0 aliphatic carbocycles. The summed E-state index contributed by atoms with van der Waals surface area (Å²) in [5.41, 5.74) is 12.5. The molecule has 0 saturated heterocycles. The minimum atomic E-state index is -0.0905. The van der Waals surface area contributed by atoms with Gasteiger partial charge in [0.2, 0.25) is 0 Å². The molecule has 0 saturated carbocycles. The van der Waals surface area contributed by atoms with Crippen molar-refractivity contribution in [2.75, 3.05) is 0 Å². The molecule has 0 radical (unpaired) electrons. The van der Waals surface area contributed by atoms with Crippen molar-refractivity contribution in [1.29, 1.82) is 0 Å². The predicted molar refractivity (Wildman–Crippen MR) is 218 cm³/mol. The van der Waals surface area contributed by atoms with Crippen LogP contribution in [0.4, 0.5) is 0 Å². The fourth-order valence-electron chi connectivity index (χ4n) is 9.08. The van der Waals surface area contributed by atoms with Gasteiger partial charge in [-0.05, 0) is 80.5 Å². The lowest BCUT2D eigenvalue weighted by atomic mass is 9.34. The van der Waals surface area contributed by atoms with Gasteiger partial charge >= 0.3 is 0 Å². The van der Waals surface area contributed by atoms with Gasteiger partial charge in [0, 0.05) is 22.1 Å². The Labute approximate surface area is 313 Å². The van der Waals surface area contributed by atoms with Crippen LogP contribution >= 0.6 is 0 Å². The van der Waals surface area contributed by atoms with Crippen LogP contribution in [0.3, 0.4) is 0 Å². The van der Waals surface area contributed by atoms with E-state index in [1.54, 1.807) is 0 Å². The van der Waals surface area contributed by atoms with E-state index in [0.717, 1.165) is 112 Å². The summed E-state index contributed by atoms with van der Waals surface area (Å²) in [6.07, 6.45) is 0. The van der Waals surface area contributed by atoms with Crippen LogP contribution in [0.2, 0.25) is 0 Å². The summed E-state index contributed by atoms with van der Waals surface area (Å²) >= 11 is 0. The van der Waals surface area contributed by atoms with E-state index in [1.165, 1.54) is 0 Å². The number of ether oxygens (including phenoxy) is 4. The monoisotopic (exact) mass is 690 g/mol. The van der Waals surface area contributed by atoms with Gasteiger partial charge in [0.05, 0.1) is 0 Å². The van der Waals surface area contributed by atoms with Crippen LogP contribution in [0.5, 0.6) is 46.0 Å². The first-order valence-electron chi connectivity index (χ1n) is 18.4. The van der Waals surface area contributed by atoms with Crippen LogP contribution in [-0.2, 0) is 0 Å². The summed E-state index contributed by atoms with van der Waals surface area (Å²) in [5, 5.41) is 0. The molecular weight excluding hydrogens is 662 g/mol. The minimum Gasteiger partial charge on any atom is -0.458 e. The Hall–Kier alpha value is -6.91. The molecule has 6 heteroatoms. The first-order valence-corrected chi connectivity index (χ1v) is 18.4. The highest BCUT2D eigenvalue weighted by Gasteiger charge is 2.46. The Morgan fingerprint density at radius 2 is 0.611 bits per heavy atom. The summed E-state index contributed by atoms with van der Waals surface area (Å²) < 4.78 is 28.1. The number of benzene rings is 8. The van der Waals surface area contributed by atoms with E-state index >= 15 is 0 Å². The Balaban J connectivity index is 1.25. The van der Waals surface area contributed by atoms with E-state index in [-0.39, 0.29) is 13.4 Å². The van der Waals surface area contributed by atoms with Gasteiger partial charge in [-0.15, -0.1) is 0 Å². The molecule has 4 heterocycles. The van der Waals surface area contributed by atoms with Crippen molar-refractivity contribution in [2.45, 2.75) is 0 Å². The summed E-state index contributed by atoms with van der Waals surface area (Å²) in [7, 11) is 0. The third-order valence-electron chi connectivity index (χ3n) is 11.3. The zero-order valence-corrected chi connectivity index (χ0v) is 29.0. The fourth-order valence-corrected chi connectivity index (χ4v) is 9.08. The van der Waals surface area contributed by atoms with Crippen molar-refractivity contribution < 1.29 is 18.9 Å². The molecule has 8 aromatic carbocycles. The smallest absolute Gasteiger partial charge is 0.260 e. The van der Waals surface area contributed by atoms with Gasteiger partial charge in [0.1, 0.15) is 46.0 Å². The molecule has 54 heavy (non-hydrogen) atoms. The van der Waals surface area contributed by atoms with Gasteiger partial charge in [0.25, 0.3) is 13.4 Å². The van der Waals surface area contributed by atoms with E-state index in [9.17, 15) is 0 Å². The highest BCUT2D eigenvalue weighted by Crippen LogP contribution is 2.54. The first kappa shape index (κ1) is 29.6. The average molecular weight is 690 g/mol. The second-order valence-corrected chi connectivity index (χ2v) is 14.2. The van der Waals surface area contributed by atoms with Gasteiger partial charge in [-0.25, -0.2) is 0 Å². The standard InChI is InChI=1S/C48H28B2O4/c1-3-15-29(16-4-1)31-27-41-45-47(53-39-25-13-9-21-35(39)49(45)33-19-7-11-23-37(33)51-41)43(31)44-32(30-17-5-2-6-18-30)28-42-46-48(44)54-40-26-14-10-22-36(40)50(46)34-20-8-12-24-38(34)52-42/h1-28H. The second-order valence-electron chi connectivity index (χ2n) is 14.2. The lowest BCUT2D eigenvalue weighted by Gasteiger charge is -2.37. The zero-order valence-electron chi connectivity index (χ0n) is 29.0. The SMILES string of the molecule is c1ccc(-c2cc3c4c(c2-c2c(-c5ccccc5)cc5c6c2Oc2ccccc2B6c2ccccc2O5)Oc2ccccc2B4c2ccccc2O3)cc1. The van der Waals surface area contributed by atoms with Crippen LogP contribution < -0.4 is 51.7 Å². The molecular formula is C48H28B2O4. The molecule has 0 fully saturated rings. The molecule has 0 spiro atoms. The fraction of sp³-hybridized carbons (Fsp3) is 0. The normalized spacial score (nSPS) is 13.3. The van der Waals surface area contributed by atoms with E-state index in [4.69, 9.17) is 18.9 Å². The van der Waals surface area contributed by atoms with Crippen molar-refractivity contribution in [2.24, 2.45) is 0 Å². The zero-order chi connectivity index (χ0) is 35.3. The highest BCUT2D eigenvalue weighted by atomic mass is 16.5. The molecule has 4 aliphatic rings. The molecule has 4 aliphatic heterocycles. The quantitative estimate of drug-likeness (QED) is 0.176. The van der Waals surface area contributed by atoms with Crippen LogP contribution in [0.25, 0.3) is 33.4 Å². The third kappa shape index (κ3) is 4.16. The molecule has 0 N–H and O–H groups in total. The van der Waals surface area contributed by atoms with Gasteiger partial charge < -0.3 is 18.9 Å². The van der Waals surface area contributed by atoms with Crippen molar-refractivity contribution in [1.82, 2.24) is 0 Å². The van der Waals surface area contributed by atoms with Crippen molar-refractivity contribution in [3.05, 3.63) is 170 Å². The molecule has 4 nitrogen and oxygen atoms in total. The maximum absolute atomic E-state index is 7.23. The molecule has 0 bridgehead atoms. The van der Waals surface area contributed by atoms with Gasteiger partial charge in [-0.3, -0.25) is 0 Å². The maximum Gasteiger partial charge on any atom is 0.260 e. The largest absolute Gasteiger partial charge is 0.458 e. The highest BCUT2D eigenvalue weighted by molar-refractivity contribution is 6.99. The minimum absolute atomic E-state index is 0.0905. The van der Waals surface area contributed by atoms with Crippen LogP contribution in [0.15, 0.2) is 170 Å². The van der Waals surface area contributed by atoms with Crippen LogP contribution in [0.1, 0.15) is 0 Å². The van der Waals surface area contributed by atoms with Gasteiger partial charge in [0.15, 0.2) is 0 Å². The molecule has 250 valence electrons. The third-order valence-corrected chi connectivity index (χ3v) is 11.3. The van der Waals surface area contributed by atoms with Crippen LogP contribution in [-0.4, -0.2) is 13.4 Å². The van der Waals surface area contributed by atoms with Crippen molar-refractivity contribution >= 4 is 46.2 Å². The molecule has 0 aromatic heterocycles. The average Bonchev–Trinajstić information content (AvgIpc) is 3.24. The topological polar surface area (TPSA) is 36.9 Å². The summed E-state index contributed by atoms with van der Waals surface area (Å²) in [5.74, 6) is 6.51. The number of rotatable bonds is 3. The Bertz CT molecular complexity index is 2640. The first-order chi connectivity index (χ1) is 26.8. The molecule has 0 atom stereocenters. The second kappa shape index (κ2) is 11.3. The molecule has 12 rings (SSSR count). The van der Waals surface area contributed by atoms with Crippen LogP contribution in [0, 0.1) is 0 Å². The summed E-state index contributed by atoms with van der Waals surface area (Å²) in [6.45, 7) is -0.181. The lowest BCUT2D eigenvalue weighted by molar-refractivity contribution is 0.461. The summed E-state index contributed by atoms with van der Waals surface area (Å²) in [4.78, 5) is 0. The van der Waals surface area contributed by atoms with E-state index in [0.29, 0.717) is 0 Å². The molecule has 8 aromatic rings. The Morgan fingerprint density at radius 1 is 0.296 bits per heavy atom. The summed E-state index contributed by atoms with van der Waals surface area (Å²) in [6, 6.07) is 59.1. The lowest BCUT2D eigenvalue weighted by Crippen LogP contribution is -2.58. The van der Waals surface area contributed by atoms with E-state index < -0.39 is 0 Å². The maximum atomic E-state index is 7.23. The van der Waals surface area contributed by atoms with Gasteiger partial charge in [-0.2, -0.15) is 0 Å². The van der Waals surface area contributed by atoms with E-state index in [2.05, 4.69) is 146 Å². The number of fused-ring (bicyclic) bond motifs is 8. The Morgan fingerprint density at radius 3 is 0.981 bits per heavy atom. The predicted octanol–water partition coefficient (Wildman–Crippen LogP) is 8.14.